The van der Waals surface area contributed by atoms with E-state index < -0.39 is 10.8 Å². The Labute approximate surface area is 89.0 Å². The third-order valence-corrected chi connectivity index (χ3v) is 1.98. The summed E-state index contributed by atoms with van der Waals surface area (Å²) < 4.78 is 9.72. The van der Waals surface area contributed by atoms with Crippen LogP contribution in [0.25, 0.3) is 11.5 Å². The maximum atomic E-state index is 10.4. The van der Waals surface area contributed by atoms with Crippen molar-refractivity contribution >= 4 is 5.88 Å². The van der Waals surface area contributed by atoms with Gasteiger partial charge in [0, 0.05) is 0 Å². The van der Waals surface area contributed by atoms with E-state index >= 15 is 0 Å². The number of rotatable bonds is 2. The molecule has 2 heterocycles. The van der Waals surface area contributed by atoms with Crippen molar-refractivity contribution in [2.24, 2.45) is 0 Å². The Morgan fingerprint density at radius 3 is 2.88 bits per heavy atom. The Hall–Kier alpha value is -2.62. The molecule has 0 radical (unpaired) electrons. The van der Waals surface area contributed by atoms with E-state index in [9.17, 15) is 10.1 Å². The molecular weight excluding hydrogens is 214 g/mol. The lowest BCUT2D eigenvalue weighted by Gasteiger charge is -1.87. The van der Waals surface area contributed by atoms with E-state index in [2.05, 4.69) is 5.16 Å². The Balaban J connectivity index is 2.51. The van der Waals surface area contributed by atoms with Crippen molar-refractivity contribution in [3.8, 4) is 17.5 Å². The van der Waals surface area contributed by atoms with Crippen molar-refractivity contribution in [3.63, 3.8) is 0 Å². The quantitative estimate of drug-likeness (QED) is 0.564. The zero-order chi connectivity index (χ0) is 11.7. The Kier molecular flexibility index (Phi) is 2.17. The fourth-order valence-corrected chi connectivity index (χ4v) is 1.23. The highest BCUT2D eigenvalue weighted by Crippen LogP contribution is 2.28. The van der Waals surface area contributed by atoms with Gasteiger partial charge in [0.05, 0.1) is 6.07 Å². The van der Waals surface area contributed by atoms with Crippen LogP contribution in [-0.4, -0.2) is 10.1 Å². The lowest BCUT2D eigenvalue weighted by atomic mass is 10.2. The standard InChI is InChI=1S/C9H5N3O4/c1-5-6(4-10)9(11-16-5)7-2-3-8(15-7)12(13)14/h2-3H,1H3. The highest BCUT2D eigenvalue weighted by Gasteiger charge is 2.20. The van der Waals surface area contributed by atoms with Crippen molar-refractivity contribution < 1.29 is 13.9 Å². The van der Waals surface area contributed by atoms with E-state index in [4.69, 9.17) is 14.2 Å². The number of aryl methyl sites for hydroxylation is 1. The number of nitro groups is 1. The minimum atomic E-state index is -0.664. The van der Waals surface area contributed by atoms with E-state index in [0.717, 1.165) is 0 Å². The molecular formula is C9H5N3O4. The van der Waals surface area contributed by atoms with Crippen LogP contribution < -0.4 is 0 Å². The lowest BCUT2D eigenvalue weighted by Crippen LogP contribution is -1.83. The summed E-state index contributed by atoms with van der Waals surface area (Å²) in [5.74, 6) is 0.0798. The topological polar surface area (TPSA) is 106 Å². The average Bonchev–Trinajstić information content (AvgIpc) is 2.83. The van der Waals surface area contributed by atoms with Crippen LogP contribution >= 0.6 is 0 Å². The van der Waals surface area contributed by atoms with Gasteiger partial charge in [-0.25, -0.2) is 0 Å². The monoisotopic (exact) mass is 219 g/mol. The molecule has 0 aliphatic rings. The van der Waals surface area contributed by atoms with Crippen molar-refractivity contribution in [2.75, 3.05) is 0 Å². The highest BCUT2D eigenvalue weighted by atomic mass is 16.6. The molecule has 7 heteroatoms. The highest BCUT2D eigenvalue weighted by molar-refractivity contribution is 5.62. The predicted molar refractivity (Wildman–Crippen MR) is 50.3 cm³/mol. The molecule has 0 saturated carbocycles. The molecule has 2 aromatic heterocycles. The van der Waals surface area contributed by atoms with Crippen LogP contribution in [0, 0.1) is 28.4 Å². The summed E-state index contributed by atoms with van der Waals surface area (Å²) in [6.45, 7) is 1.58. The van der Waals surface area contributed by atoms with Crippen molar-refractivity contribution in [3.05, 3.63) is 33.6 Å². The number of hydrogen-bond acceptors (Lipinski definition) is 6. The summed E-state index contributed by atoms with van der Waals surface area (Å²) in [6.07, 6.45) is 0. The second kappa shape index (κ2) is 3.51. The van der Waals surface area contributed by atoms with E-state index in [1.54, 1.807) is 6.92 Å². The number of nitrogens with zero attached hydrogens (tertiary/aromatic N) is 3. The summed E-state index contributed by atoms with van der Waals surface area (Å²) in [5, 5.41) is 22.9. The molecule has 0 aromatic carbocycles. The first-order valence-electron chi connectivity index (χ1n) is 4.24. The Morgan fingerprint density at radius 1 is 1.56 bits per heavy atom. The molecule has 7 nitrogen and oxygen atoms in total. The lowest BCUT2D eigenvalue weighted by molar-refractivity contribution is -0.401. The van der Waals surface area contributed by atoms with E-state index in [-0.39, 0.29) is 17.0 Å². The van der Waals surface area contributed by atoms with Crippen LogP contribution in [0.5, 0.6) is 0 Å². The first-order chi connectivity index (χ1) is 7.63. The minimum Gasteiger partial charge on any atom is -0.399 e. The minimum absolute atomic E-state index is 0.139. The summed E-state index contributed by atoms with van der Waals surface area (Å²) in [6, 6.07) is 4.46. The third-order valence-electron chi connectivity index (χ3n) is 1.98. The summed E-state index contributed by atoms with van der Waals surface area (Å²) in [4.78, 5) is 9.74. The summed E-state index contributed by atoms with van der Waals surface area (Å²) in [7, 11) is 0. The molecule has 0 amide bonds. The van der Waals surface area contributed by atoms with Gasteiger partial charge in [0.1, 0.15) is 16.6 Å². The molecule has 2 aromatic rings. The maximum Gasteiger partial charge on any atom is 0.433 e. The molecule has 0 unspecified atom stereocenters. The van der Waals surface area contributed by atoms with E-state index in [1.165, 1.54) is 12.1 Å². The van der Waals surface area contributed by atoms with E-state index in [1.807, 2.05) is 6.07 Å². The molecule has 0 bridgehead atoms. The largest absolute Gasteiger partial charge is 0.433 e. The normalized spacial score (nSPS) is 10.0. The van der Waals surface area contributed by atoms with Crippen LogP contribution in [0.15, 0.2) is 21.1 Å². The SMILES string of the molecule is Cc1onc(-c2ccc([N+](=O)[O-])o2)c1C#N. The maximum absolute atomic E-state index is 10.4. The van der Waals surface area contributed by atoms with Gasteiger partial charge < -0.3 is 8.94 Å². The van der Waals surface area contributed by atoms with Gasteiger partial charge in [-0.1, -0.05) is 5.16 Å². The fourth-order valence-electron chi connectivity index (χ4n) is 1.23. The smallest absolute Gasteiger partial charge is 0.399 e. The summed E-state index contributed by atoms with van der Waals surface area (Å²) >= 11 is 0. The summed E-state index contributed by atoms with van der Waals surface area (Å²) in [5.41, 5.74) is 0.386. The number of hydrogen-bond donors (Lipinski definition) is 0. The fraction of sp³-hybridized carbons (Fsp3) is 0.111. The Bertz CT molecular complexity index is 590. The predicted octanol–water partition coefficient (Wildman–Crippen LogP) is 2.02. The zero-order valence-corrected chi connectivity index (χ0v) is 8.13. The van der Waals surface area contributed by atoms with Gasteiger partial charge in [0.2, 0.25) is 0 Å². The first-order valence-corrected chi connectivity index (χ1v) is 4.24. The van der Waals surface area contributed by atoms with E-state index in [0.29, 0.717) is 5.76 Å². The number of aromatic nitrogens is 1. The molecule has 0 aliphatic carbocycles. The second-order valence-corrected chi connectivity index (χ2v) is 2.97. The molecule has 0 fully saturated rings. The molecule has 0 aliphatic heterocycles. The van der Waals surface area contributed by atoms with Crippen molar-refractivity contribution in [2.45, 2.75) is 6.92 Å². The van der Waals surface area contributed by atoms with Gasteiger partial charge in [-0.05, 0) is 13.0 Å². The molecule has 80 valence electrons. The Morgan fingerprint density at radius 2 is 2.31 bits per heavy atom. The van der Waals surface area contributed by atoms with Gasteiger partial charge in [-0.15, -0.1) is 0 Å². The van der Waals surface area contributed by atoms with Crippen LogP contribution in [0.2, 0.25) is 0 Å². The molecule has 0 saturated heterocycles. The zero-order valence-electron chi connectivity index (χ0n) is 8.13. The van der Waals surface area contributed by atoms with Gasteiger partial charge >= 0.3 is 5.88 Å². The van der Waals surface area contributed by atoms with Gasteiger partial charge in [0.25, 0.3) is 0 Å². The average molecular weight is 219 g/mol. The third kappa shape index (κ3) is 1.42. The molecule has 16 heavy (non-hydrogen) atoms. The van der Waals surface area contributed by atoms with Gasteiger partial charge in [-0.2, -0.15) is 5.26 Å². The van der Waals surface area contributed by atoms with Crippen molar-refractivity contribution in [1.82, 2.24) is 5.16 Å². The van der Waals surface area contributed by atoms with Gasteiger partial charge in [-0.3, -0.25) is 10.1 Å². The van der Waals surface area contributed by atoms with Crippen LogP contribution in [0.3, 0.4) is 0 Å². The number of nitriles is 1. The molecule has 0 N–H and O–H groups in total. The second-order valence-electron chi connectivity index (χ2n) is 2.97. The molecule has 0 spiro atoms. The van der Waals surface area contributed by atoms with Crippen LogP contribution in [-0.2, 0) is 0 Å². The van der Waals surface area contributed by atoms with Gasteiger partial charge in [0.15, 0.2) is 17.2 Å². The van der Waals surface area contributed by atoms with Crippen molar-refractivity contribution in [1.29, 1.82) is 5.26 Å². The van der Waals surface area contributed by atoms with Crippen LogP contribution in [0.4, 0.5) is 5.88 Å². The first kappa shape index (κ1) is 9.92. The molecule has 0 atom stereocenters. The number of furan rings is 1. The molecule has 2 rings (SSSR count). The van der Waals surface area contributed by atoms with Crippen LogP contribution in [0.1, 0.15) is 11.3 Å².